The number of nitrogens with zero attached hydrogens (tertiary/aromatic N) is 2. The van der Waals surface area contributed by atoms with Gasteiger partial charge in [-0.15, -0.1) is 11.3 Å². The fourth-order valence-electron chi connectivity index (χ4n) is 2.10. The highest BCUT2D eigenvalue weighted by atomic mass is 32.2. The monoisotopic (exact) mass is 384 g/mol. The van der Waals surface area contributed by atoms with Crippen molar-refractivity contribution in [3.05, 3.63) is 52.7 Å². The van der Waals surface area contributed by atoms with Crippen molar-refractivity contribution in [2.24, 2.45) is 0 Å². The third kappa shape index (κ3) is 3.72. The number of hydrogen-bond acceptors (Lipinski definition) is 4. The van der Waals surface area contributed by atoms with Crippen LogP contribution in [0.3, 0.4) is 0 Å². The first-order valence-electron chi connectivity index (χ1n) is 6.98. The highest BCUT2D eigenvalue weighted by molar-refractivity contribution is 7.99. The van der Waals surface area contributed by atoms with E-state index in [1.165, 1.54) is 30.4 Å². The number of carbonyl (C=O) groups is 1. The van der Waals surface area contributed by atoms with Gasteiger partial charge in [-0.05, 0) is 31.2 Å². The van der Waals surface area contributed by atoms with E-state index in [0.29, 0.717) is 20.6 Å². The second kappa shape index (κ2) is 6.57. The molecule has 1 N–H and O–H groups in total. The van der Waals surface area contributed by atoms with Crippen molar-refractivity contribution in [1.29, 1.82) is 0 Å². The molecule has 0 atom stereocenters. The molecule has 0 aliphatic rings. The molecule has 0 unspecified atom stereocenters. The van der Waals surface area contributed by atoms with Crippen molar-refractivity contribution in [2.75, 3.05) is 0 Å². The van der Waals surface area contributed by atoms with Crippen LogP contribution in [-0.2, 0) is 11.0 Å². The third-order valence-corrected chi connectivity index (χ3v) is 5.07. The first kappa shape index (κ1) is 17.6. The number of aromatic nitrogens is 2. The minimum atomic E-state index is -4.42. The molecule has 0 fully saturated rings. The zero-order chi connectivity index (χ0) is 18.2. The van der Waals surface area contributed by atoms with Gasteiger partial charge in [-0.2, -0.15) is 13.2 Å². The molecule has 0 saturated carbocycles. The number of hydrogen-bond donors (Lipinski definition) is 1. The van der Waals surface area contributed by atoms with E-state index in [1.807, 2.05) is 0 Å². The standard InChI is InChI=1S/C16H11F3N2O2S2/c1-9(14(22)23)7-12-13(20-15-21(12)5-6-24-15)25-11-4-2-3-10(8-11)16(17,18)19/h2-8H,1H3,(H,22,23)/b9-7+. The molecule has 130 valence electrons. The van der Waals surface area contributed by atoms with E-state index >= 15 is 0 Å². The van der Waals surface area contributed by atoms with Crippen molar-refractivity contribution in [1.82, 2.24) is 9.38 Å². The van der Waals surface area contributed by atoms with Crippen LogP contribution < -0.4 is 0 Å². The van der Waals surface area contributed by atoms with Crippen LogP contribution in [0.15, 0.2) is 51.3 Å². The van der Waals surface area contributed by atoms with Crippen LogP contribution in [0.5, 0.6) is 0 Å². The lowest BCUT2D eigenvalue weighted by molar-refractivity contribution is -0.137. The summed E-state index contributed by atoms with van der Waals surface area (Å²) in [5.74, 6) is -1.07. The van der Waals surface area contributed by atoms with Gasteiger partial charge in [0.15, 0.2) is 4.96 Å². The van der Waals surface area contributed by atoms with Gasteiger partial charge >= 0.3 is 12.1 Å². The number of aliphatic carboxylic acids is 1. The maximum atomic E-state index is 12.9. The van der Waals surface area contributed by atoms with Crippen LogP contribution in [0.2, 0.25) is 0 Å². The third-order valence-electron chi connectivity index (χ3n) is 3.33. The second-order valence-corrected chi connectivity index (χ2v) is 7.05. The van der Waals surface area contributed by atoms with Gasteiger partial charge in [0.25, 0.3) is 0 Å². The number of carboxylic acids is 1. The van der Waals surface area contributed by atoms with Crippen molar-refractivity contribution in [3.63, 3.8) is 0 Å². The predicted octanol–water partition coefficient (Wildman–Crippen LogP) is 5.05. The zero-order valence-corrected chi connectivity index (χ0v) is 14.4. The number of carboxylic acid groups (broad SMARTS) is 1. The lowest BCUT2D eigenvalue weighted by Gasteiger charge is -2.08. The number of thiazole rings is 1. The molecule has 0 aliphatic heterocycles. The van der Waals surface area contributed by atoms with E-state index in [-0.39, 0.29) is 5.57 Å². The summed E-state index contributed by atoms with van der Waals surface area (Å²) < 4.78 is 40.3. The van der Waals surface area contributed by atoms with Crippen molar-refractivity contribution >= 4 is 40.1 Å². The summed E-state index contributed by atoms with van der Waals surface area (Å²) in [4.78, 5) is 16.5. The second-order valence-electron chi connectivity index (χ2n) is 5.12. The topological polar surface area (TPSA) is 54.6 Å². The molecule has 25 heavy (non-hydrogen) atoms. The van der Waals surface area contributed by atoms with Gasteiger partial charge < -0.3 is 5.11 Å². The summed E-state index contributed by atoms with van der Waals surface area (Å²) >= 11 is 2.42. The molecule has 0 amide bonds. The first-order valence-corrected chi connectivity index (χ1v) is 8.67. The van der Waals surface area contributed by atoms with Crippen LogP contribution in [0.4, 0.5) is 13.2 Å². The Morgan fingerprint density at radius 1 is 1.40 bits per heavy atom. The number of rotatable bonds is 4. The minimum absolute atomic E-state index is 0.110. The van der Waals surface area contributed by atoms with Gasteiger partial charge in [0.1, 0.15) is 5.03 Å². The summed E-state index contributed by atoms with van der Waals surface area (Å²) in [7, 11) is 0. The summed E-state index contributed by atoms with van der Waals surface area (Å²) in [5, 5.41) is 11.3. The van der Waals surface area contributed by atoms with Crippen LogP contribution >= 0.6 is 23.1 Å². The Morgan fingerprint density at radius 2 is 2.16 bits per heavy atom. The molecule has 0 aliphatic carbocycles. The molecular weight excluding hydrogens is 373 g/mol. The van der Waals surface area contributed by atoms with E-state index in [9.17, 15) is 18.0 Å². The number of alkyl halides is 3. The molecule has 3 rings (SSSR count). The molecule has 2 heterocycles. The quantitative estimate of drug-likeness (QED) is 0.640. The fourth-order valence-corrected chi connectivity index (χ4v) is 3.83. The Morgan fingerprint density at radius 3 is 2.84 bits per heavy atom. The van der Waals surface area contributed by atoms with E-state index in [0.717, 1.165) is 23.9 Å². The van der Waals surface area contributed by atoms with Gasteiger partial charge in [-0.25, -0.2) is 9.78 Å². The average Bonchev–Trinajstić information content (AvgIpc) is 3.10. The van der Waals surface area contributed by atoms with E-state index in [4.69, 9.17) is 5.11 Å². The Bertz CT molecular complexity index is 973. The predicted molar refractivity (Wildman–Crippen MR) is 89.9 cm³/mol. The minimum Gasteiger partial charge on any atom is -0.478 e. The number of benzene rings is 1. The molecule has 3 aromatic rings. The summed E-state index contributed by atoms with van der Waals surface area (Å²) in [6.45, 7) is 1.45. The molecular formula is C16H11F3N2O2S2. The van der Waals surface area contributed by atoms with E-state index in [1.54, 1.807) is 22.0 Å². The lowest BCUT2D eigenvalue weighted by Crippen LogP contribution is -2.04. The SMILES string of the molecule is C/C(=C\c1c(Sc2cccc(C(F)(F)F)c2)nc2sccn12)C(=O)O. The molecule has 4 nitrogen and oxygen atoms in total. The van der Waals surface area contributed by atoms with Gasteiger partial charge in [0.05, 0.1) is 11.3 Å². The van der Waals surface area contributed by atoms with Crippen molar-refractivity contribution in [3.8, 4) is 0 Å². The van der Waals surface area contributed by atoms with Crippen molar-refractivity contribution < 1.29 is 23.1 Å². The van der Waals surface area contributed by atoms with Crippen molar-refractivity contribution in [2.45, 2.75) is 23.0 Å². The number of fused-ring (bicyclic) bond motifs is 1. The normalized spacial score (nSPS) is 12.7. The Kier molecular flexibility index (Phi) is 4.61. The van der Waals surface area contributed by atoms with Crippen LogP contribution in [-0.4, -0.2) is 20.5 Å². The molecule has 1 aromatic carbocycles. The molecule has 0 radical (unpaired) electrons. The Labute approximate surface area is 148 Å². The fraction of sp³-hybridized carbons (Fsp3) is 0.125. The largest absolute Gasteiger partial charge is 0.478 e. The lowest BCUT2D eigenvalue weighted by atomic mass is 10.2. The molecule has 0 saturated heterocycles. The van der Waals surface area contributed by atoms with Gasteiger partial charge in [0.2, 0.25) is 0 Å². The van der Waals surface area contributed by atoms with Crippen LogP contribution in [0.25, 0.3) is 11.0 Å². The number of imidazole rings is 1. The molecule has 2 aromatic heterocycles. The van der Waals surface area contributed by atoms with Gasteiger partial charge in [-0.3, -0.25) is 4.40 Å². The maximum Gasteiger partial charge on any atom is 0.416 e. The van der Waals surface area contributed by atoms with Gasteiger partial charge in [-0.1, -0.05) is 17.8 Å². The molecule has 0 bridgehead atoms. The molecule has 0 spiro atoms. The zero-order valence-electron chi connectivity index (χ0n) is 12.7. The Balaban J connectivity index is 2.04. The molecule has 9 heteroatoms. The smallest absolute Gasteiger partial charge is 0.416 e. The highest BCUT2D eigenvalue weighted by Crippen LogP contribution is 2.36. The van der Waals surface area contributed by atoms with E-state index in [2.05, 4.69) is 4.98 Å². The summed E-state index contributed by atoms with van der Waals surface area (Å²) in [6, 6.07) is 4.95. The average molecular weight is 384 g/mol. The van der Waals surface area contributed by atoms with Crippen LogP contribution in [0, 0.1) is 0 Å². The first-order chi connectivity index (χ1) is 11.8. The van der Waals surface area contributed by atoms with Crippen LogP contribution in [0.1, 0.15) is 18.2 Å². The van der Waals surface area contributed by atoms with Gasteiger partial charge in [0, 0.05) is 22.0 Å². The number of halogens is 3. The summed E-state index contributed by atoms with van der Waals surface area (Å²) in [5.41, 5.74) is -0.102. The van der Waals surface area contributed by atoms with E-state index < -0.39 is 17.7 Å². The highest BCUT2D eigenvalue weighted by Gasteiger charge is 2.30. The summed E-state index contributed by atoms with van der Waals surface area (Å²) in [6.07, 6.45) is -1.22. The Hall–Kier alpha value is -2.26. The maximum absolute atomic E-state index is 12.9.